The number of carbonyl (C=O) groups excluding carboxylic acids is 1. The van der Waals surface area contributed by atoms with Crippen molar-refractivity contribution in [2.45, 2.75) is 39.8 Å². The number of benzene rings is 1. The monoisotopic (exact) mass is 365 g/mol. The third-order valence-corrected chi connectivity index (χ3v) is 4.72. The molecule has 1 amide bonds. The summed E-state index contributed by atoms with van der Waals surface area (Å²) in [5.41, 5.74) is 3.43. The molecule has 0 unspecified atom stereocenters. The summed E-state index contributed by atoms with van der Waals surface area (Å²) in [7, 11) is 1.67. The minimum absolute atomic E-state index is 0.0889. The first-order valence-electron chi connectivity index (χ1n) is 8.95. The Hall–Kier alpha value is -2.84. The van der Waals surface area contributed by atoms with E-state index in [9.17, 15) is 10.1 Å². The average Bonchev–Trinajstić information content (AvgIpc) is 2.91. The van der Waals surface area contributed by atoms with Gasteiger partial charge in [-0.05, 0) is 51.0 Å². The van der Waals surface area contributed by atoms with E-state index >= 15 is 0 Å². The van der Waals surface area contributed by atoms with E-state index in [1.54, 1.807) is 13.2 Å². The predicted molar refractivity (Wildman–Crippen MR) is 107 cm³/mol. The summed E-state index contributed by atoms with van der Waals surface area (Å²) in [5.74, 6) is -0.381. The molecule has 0 fully saturated rings. The van der Waals surface area contributed by atoms with Gasteiger partial charge in [0.2, 0.25) is 0 Å². The SMILES string of the molecule is COCCn1c(C)cc(/C=C(\C#N)C(=O)NC(C)(C)c2ccccc2)c1C. The molecular weight excluding hydrogens is 338 g/mol. The van der Waals surface area contributed by atoms with E-state index in [2.05, 4.69) is 9.88 Å². The maximum absolute atomic E-state index is 12.7. The zero-order valence-corrected chi connectivity index (χ0v) is 16.7. The first kappa shape index (κ1) is 20.5. The highest BCUT2D eigenvalue weighted by Crippen LogP contribution is 2.22. The van der Waals surface area contributed by atoms with Crippen molar-refractivity contribution in [3.05, 3.63) is 64.5 Å². The van der Waals surface area contributed by atoms with Gasteiger partial charge in [-0.15, -0.1) is 0 Å². The van der Waals surface area contributed by atoms with Crippen molar-refractivity contribution < 1.29 is 9.53 Å². The molecule has 2 rings (SSSR count). The van der Waals surface area contributed by atoms with Crippen LogP contribution >= 0.6 is 0 Å². The molecule has 0 aliphatic heterocycles. The fraction of sp³-hybridized carbons (Fsp3) is 0.364. The zero-order valence-electron chi connectivity index (χ0n) is 16.7. The second-order valence-electron chi connectivity index (χ2n) is 7.09. The van der Waals surface area contributed by atoms with E-state index in [-0.39, 0.29) is 11.5 Å². The Morgan fingerprint density at radius 1 is 1.30 bits per heavy atom. The Morgan fingerprint density at radius 3 is 2.56 bits per heavy atom. The van der Waals surface area contributed by atoms with Crippen LogP contribution in [-0.2, 0) is 21.6 Å². The van der Waals surface area contributed by atoms with E-state index in [1.807, 2.05) is 70.2 Å². The van der Waals surface area contributed by atoms with Gasteiger partial charge in [0.25, 0.3) is 5.91 Å². The van der Waals surface area contributed by atoms with E-state index in [4.69, 9.17) is 4.74 Å². The van der Waals surface area contributed by atoms with Crippen LogP contribution in [0.2, 0.25) is 0 Å². The van der Waals surface area contributed by atoms with Gasteiger partial charge in [-0.2, -0.15) is 5.26 Å². The highest BCUT2D eigenvalue weighted by Gasteiger charge is 2.24. The number of ether oxygens (including phenoxy) is 1. The molecule has 0 spiro atoms. The Kier molecular flexibility index (Phi) is 6.59. The standard InChI is InChI=1S/C22H27N3O2/c1-16-13-18(17(2)25(16)11-12-27-5)14-19(15-23)21(26)24-22(3,4)20-9-7-6-8-10-20/h6-10,13-14H,11-12H2,1-5H3,(H,24,26)/b19-14+. The topological polar surface area (TPSA) is 67.0 Å². The van der Waals surface area contributed by atoms with Gasteiger partial charge in [0.05, 0.1) is 12.1 Å². The first-order chi connectivity index (χ1) is 12.8. The van der Waals surface area contributed by atoms with Gasteiger partial charge in [-0.1, -0.05) is 30.3 Å². The van der Waals surface area contributed by atoms with Crippen LogP contribution in [0.25, 0.3) is 6.08 Å². The number of nitriles is 1. The van der Waals surface area contributed by atoms with Gasteiger partial charge in [0.1, 0.15) is 11.6 Å². The number of aryl methyl sites for hydroxylation is 1. The van der Waals surface area contributed by atoms with Crippen LogP contribution in [0.3, 0.4) is 0 Å². The molecule has 5 heteroatoms. The Bertz CT molecular complexity index is 871. The van der Waals surface area contributed by atoms with E-state index < -0.39 is 5.54 Å². The highest BCUT2D eigenvalue weighted by atomic mass is 16.5. The van der Waals surface area contributed by atoms with Gasteiger partial charge < -0.3 is 14.6 Å². The minimum atomic E-state index is -0.580. The van der Waals surface area contributed by atoms with Gasteiger partial charge in [-0.25, -0.2) is 0 Å². The average molecular weight is 365 g/mol. The van der Waals surface area contributed by atoms with Crippen LogP contribution in [0.15, 0.2) is 42.0 Å². The molecule has 1 N–H and O–H groups in total. The van der Waals surface area contributed by atoms with Crippen molar-refractivity contribution in [3.63, 3.8) is 0 Å². The number of hydrogen-bond acceptors (Lipinski definition) is 3. The van der Waals surface area contributed by atoms with E-state index in [0.29, 0.717) is 6.61 Å². The fourth-order valence-electron chi connectivity index (χ4n) is 3.08. The molecule has 27 heavy (non-hydrogen) atoms. The van der Waals surface area contributed by atoms with Crippen LogP contribution in [0.4, 0.5) is 0 Å². The number of nitrogens with one attached hydrogen (secondary N) is 1. The van der Waals surface area contributed by atoms with E-state index in [0.717, 1.165) is 29.1 Å². The number of nitrogens with zero attached hydrogens (tertiary/aromatic N) is 2. The maximum atomic E-state index is 12.7. The predicted octanol–water partition coefficient (Wildman–Crippen LogP) is 3.71. The molecule has 2 aromatic rings. The lowest BCUT2D eigenvalue weighted by Gasteiger charge is -2.26. The summed E-state index contributed by atoms with van der Waals surface area (Å²) < 4.78 is 7.27. The number of carbonyl (C=O) groups is 1. The summed E-state index contributed by atoms with van der Waals surface area (Å²) >= 11 is 0. The molecule has 0 saturated carbocycles. The molecule has 0 radical (unpaired) electrons. The quantitative estimate of drug-likeness (QED) is 0.601. The van der Waals surface area contributed by atoms with Crippen molar-refractivity contribution >= 4 is 12.0 Å². The molecule has 0 bridgehead atoms. The Labute approximate surface area is 161 Å². The molecular formula is C22H27N3O2. The van der Waals surface area contributed by atoms with E-state index in [1.165, 1.54) is 0 Å². The molecule has 1 heterocycles. The van der Waals surface area contributed by atoms with Crippen LogP contribution in [0.5, 0.6) is 0 Å². The number of rotatable bonds is 7. The zero-order chi connectivity index (χ0) is 20.0. The summed E-state index contributed by atoms with van der Waals surface area (Å²) in [5, 5.41) is 12.5. The normalized spacial score (nSPS) is 11.9. The summed E-state index contributed by atoms with van der Waals surface area (Å²) in [6.45, 7) is 9.17. The molecule has 142 valence electrons. The lowest BCUT2D eigenvalue weighted by molar-refractivity contribution is -0.118. The molecule has 0 aliphatic rings. The summed E-state index contributed by atoms with van der Waals surface area (Å²) in [4.78, 5) is 12.7. The lowest BCUT2D eigenvalue weighted by atomic mass is 9.94. The molecule has 1 aromatic carbocycles. The molecule has 5 nitrogen and oxygen atoms in total. The molecule has 0 aliphatic carbocycles. The number of amides is 1. The molecule has 0 saturated heterocycles. The second kappa shape index (κ2) is 8.70. The third-order valence-electron chi connectivity index (χ3n) is 4.72. The minimum Gasteiger partial charge on any atom is -0.383 e. The molecule has 1 aromatic heterocycles. The smallest absolute Gasteiger partial charge is 0.262 e. The second-order valence-corrected chi connectivity index (χ2v) is 7.09. The summed E-state index contributed by atoms with van der Waals surface area (Å²) in [6.07, 6.45) is 1.65. The van der Waals surface area contributed by atoms with Gasteiger partial charge in [0, 0.05) is 25.0 Å². The number of hydrogen-bond donors (Lipinski definition) is 1. The van der Waals surface area contributed by atoms with Crippen molar-refractivity contribution in [2.75, 3.05) is 13.7 Å². The fourth-order valence-corrected chi connectivity index (χ4v) is 3.08. The Balaban J connectivity index is 2.26. The van der Waals surface area contributed by atoms with Gasteiger partial charge in [-0.3, -0.25) is 4.79 Å². The van der Waals surface area contributed by atoms with Crippen LogP contribution in [0.1, 0.15) is 36.4 Å². The number of aromatic nitrogens is 1. The maximum Gasteiger partial charge on any atom is 0.262 e. The van der Waals surface area contributed by atoms with Gasteiger partial charge in [0.15, 0.2) is 0 Å². The van der Waals surface area contributed by atoms with Crippen molar-refractivity contribution in [1.29, 1.82) is 5.26 Å². The summed E-state index contributed by atoms with van der Waals surface area (Å²) in [6, 6.07) is 13.7. The van der Waals surface area contributed by atoms with Crippen molar-refractivity contribution in [1.82, 2.24) is 9.88 Å². The van der Waals surface area contributed by atoms with Gasteiger partial charge >= 0.3 is 0 Å². The first-order valence-corrected chi connectivity index (χ1v) is 8.95. The number of methoxy groups -OCH3 is 1. The van der Waals surface area contributed by atoms with Crippen LogP contribution in [-0.4, -0.2) is 24.2 Å². The highest BCUT2D eigenvalue weighted by molar-refractivity contribution is 6.02. The largest absolute Gasteiger partial charge is 0.383 e. The van der Waals surface area contributed by atoms with Crippen LogP contribution < -0.4 is 5.32 Å². The third kappa shape index (κ3) is 4.87. The Morgan fingerprint density at radius 2 is 1.96 bits per heavy atom. The lowest BCUT2D eigenvalue weighted by Crippen LogP contribution is -2.41. The van der Waals surface area contributed by atoms with Crippen LogP contribution in [0, 0.1) is 25.2 Å². The van der Waals surface area contributed by atoms with Crippen molar-refractivity contribution in [2.24, 2.45) is 0 Å². The van der Waals surface area contributed by atoms with Crippen molar-refractivity contribution in [3.8, 4) is 6.07 Å². The molecule has 0 atom stereocenters.